The molecule has 0 amide bonds. The zero-order valence-corrected chi connectivity index (χ0v) is 8.60. The highest BCUT2D eigenvalue weighted by molar-refractivity contribution is 7.09. The van der Waals surface area contributed by atoms with Crippen LogP contribution >= 0.6 is 11.5 Å². The Morgan fingerprint density at radius 2 is 2.46 bits per heavy atom. The molecule has 1 aromatic heterocycles. The Labute approximate surface area is 81.5 Å². The first-order chi connectivity index (χ1) is 6.25. The van der Waals surface area contributed by atoms with Gasteiger partial charge in [-0.3, -0.25) is 0 Å². The van der Waals surface area contributed by atoms with Crippen molar-refractivity contribution < 1.29 is 4.74 Å². The molecule has 2 heterocycles. The summed E-state index contributed by atoms with van der Waals surface area (Å²) in [7, 11) is 0. The second-order valence-electron chi connectivity index (χ2n) is 3.26. The SMILES string of the molecule is Cc1nsc(NC2CCOC2C)n1. The van der Waals surface area contributed by atoms with E-state index in [0.717, 1.165) is 24.0 Å². The molecule has 0 aromatic carbocycles. The van der Waals surface area contributed by atoms with Crippen molar-refractivity contribution in [2.75, 3.05) is 11.9 Å². The molecule has 1 saturated heterocycles. The van der Waals surface area contributed by atoms with E-state index in [1.807, 2.05) is 6.92 Å². The molecule has 2 unspecified atom stereocenters. The lowest BCUT2D eigenvalue weighted by molar-refractivity contribution is 0.121. The third-order valence-electron chi connectivity index (χ3n) is 2.21. The van der Waals surface area contributed by atoms with E-state index < -0.39 is 0 Å². The number of ether oxygens (including phenoxy) is 1. The highest BCUT2D eigenvalue weighted by atomic mass is 32.1. The third kappa shape index (κ3) is 1.97. The van der Waals surface area contributed by atoms with Crippen molar-refractivity contribution in [1.29, 1.82) is 0 Å². The van der Waals surface area contributed by atoms with Gasteiger partial charge in [0.2, 0.25) is 5.13 Å². The van der Waals surface area contributed by atoms with E-state index in [2.05, 4.69) is 21.6 Å². The quantitative estimate of drug-likeness (QED) is 0.783. The van der Waals surface area contributed by atoms with Crippen LogP contribution in [0.25, 0.3) is 0 Å². The smallest absolute Gasteiger partial charge is 0.202 e. The molecule has 4 nitrogen and oxygen atoms in total. The molecule has 2 atom stereocenters. The van der Waals surface area contributed by atoms with Gasteiger partial charge in [0, 0.05) is 18.1 Å². The Kier molecular flexibility index (Phi) is 2.46. The Bertz CT molecular complexity index is 289. The lowest BCUT2D eigenvalue weighted by Crippen LogP contribution is -2.26. The number of rotatable bonds is 2. The summed E-state index contributed by atoms with van der Waals surface area (Å²) in [5, 5.41) is 4.23. The van der Waals surface area contributed by atoms with E-state index >= 15 is 0 Å². The van der Waals surface area contributed by atoms with E-state index in [4.69, 9.17) is 4.74 Å². The zero-order chi connectivity index (χ0) is 9.26. The number of aromatic nitrogens is 2. The molecular weight excluding hydrogens is 186 g/mol. The van der Waals surface area contributed by atoms with Gasteiger partial charge in [0.1, 0.15) is 5.82 Å². The first-order valence-corrected chi connectivity index (χ1v) is 5.21. The number of nitrogens with one attached hydrogen (secondary N) is 1. The fourth-order valence-corrected chi connectivity index (χ4v) is 2.07. The third-order valence-corrected chi connectivity index (χ3v) is 2.95. The average Bonchev–Trinajstić information content (AvgIpc) is 2.64. The fraction of sp³-hybridized carbons (Fsp3) is 0.750. The van der Waals surface area contributed by atoms with Crippen molar-refractivity contribution in [2.45, 2.75) is 32.4 Å². The van der Waals surface area contributed by atoms with Crippen molar-refractivity contribution in [3.63, 3.8) is 0 Å². The molecule has 1 aliphatic heterocycles. The van der Waals surface area contributed by atoms with Crippen LogP contribution < -0.4 is 5.32 Å². The molecule has 0 spiro atoms. The summed E-state index contributed by atoms with van der Waals surface area (Å²) < 4.78 is 9.55. The minimum Gasteiger partial charge on any atom is -0.376 e. The highest BCUT2D eigenvalue weighted by Crippen LogP contribution is 2.19. The fourth-order valence-electron chi connectivity index (χ4n) is 1.44. The molecule has 5 heteroatoms. The molecule has 72 valence electrons. The molecule has 2 rings (SSSR count). The second kappa shape index (κ2) is 3.59. The number of anilines is 1. The standard InChI is InChI=1S/C8H13N3OS/c1-5-7(3-4-12-5)10-8-9-6(2)11-13-8/h5,7H,3-4H2,1-2H3,(H,9,10,11). The van der Waals surface area contributed by atoms with Crippen molar-refractivity contribution >= 4 is 16.7 Å². The lowest BCUT2D eigenvalue weighted by atomic mass is 10.2. The van der Waals surface area contributed by atoms with Crippen LogP contribution in [0, 0.1) is 6.92 Å². The monoisotopic (exact) mass is 199 g/mol. The first kappa shape index (κ1) is 8.90. The maximum atomic E-state index is 5.44. The van der Waals surface area contributed by atoms with Crippen LogP contribution in [0.3, 0.4) is 0 Å². The van der Waals surface area contributed by atoms with Gasteiger partial charge in [-0.25, -0.2) is 4.98 Å². The molecule has 0 bridgehead atoms. The highest BCUT2D eigenvalue weighted by Gasteiger charge is 2.24. The average molecular weight is 199 g/mol. The predicted molar refractivity (Wildman–Crippen MR) is 52.1 cm³/mol. The molecule has 1 aromatic rings. The normalized spacial score (nSPS) is 27.8. The van der Waals surface area contributed by atoms with Crippen molar-refractivity contribution in [3.8, 4) is 0 Å². The van der Waals surface area contributed by atoms with Crippen LogP contribution in [-0.2, 0) is 4.74 Å². The summed E-state index contributed by atoms with van der Waals surface area (Å²) in [6.45, 7) is 4.82. The van der Waals surface area contributed by atoms with Gasteiger partial charge in [-0.15, -0.1) is 0 Å². The maximum absolute atomic E-state index is 5.44. The van der Waals surface area contributed by atoms with Crippen LogP contribution in [-0.4, -0.2) is 28.1 Å². The van der Waals surface area contributed by atoms with E-state index in [9.17, 15) is 0 Å². The Balaban J connectivity index is 1.97. The van der Waals surface area contributed by atoms with E-state index in [1.54, 1.807) is 0 Å². The van der Waals surface area contributed by atoms with Gasteiger partial charge in [0.25, 0.3) is 0 Å². The van der Waals surface area contributed by atoms with Gasteiger partial charge in [-0.05, 0) is 20.3 Å². The van der Waals surface area contributed by atoms with Crippen molar-refractivity contribution in [3.05, 3.63) is 5.82 Å². The number of hydrogen-bond acceptors (Lipinski definition) is 5. The Morgan fingerprint density at radius 3 is 3.00 bits per heavy atom. The van der Waals surface area contributed by atoms with Crippen LogP contribution in [0.5, 0.6) is 0 Å². The summed E-state index contributed by atoms with van der Waals surface area (Å²) >= 11 is 1.41. The molecule has 1 N–H and O–H groups in total. The minimum absolute atomic E-state index is 0.282. The van der Waals surface area contributed by atoms with Crippen LogP contribution in [0.4, 0.5) is 5.13 Å². The molecule has 0 saturated carbocycles. The van der Waals surface area contributed by atoms with Gasteiger partial charge in [0.05, 0.1) is 12.1 Å². The molecule has 0 aliphatic carbocycles. The summed E-state index contributed by atoms with van der Waals surface area (Å²) in [6.07, 6.45) is 1.34. The summed E-state index contributed by atoms with van der Waals surface area (Å²) in [6, 6.07) is 0.396. The largest absolute Gasteiger partial charge is 0.376 e. The molecule has 1 aliphatic rings. The topological polar surface area (TPSA) is 47.0 Å². The van der Waals surface area contributed by atoms with Gasteiger partial charge < -0.3 is 10.1 Å². The van der Waals surface area contributed by atoms with Crippen molar-refractivity contribution in [1.82, 2.24) is 9.36 Å². The predicted octanol–water partition coefficient (Wildman–Crippen LogP) is 1.44. The van der Waals surface area contributed by atoms with Crippen LogP contribution in [0.15, 0.2) is 0 Å². The number of aryl methyl sites for hydroxylation is 1. The summed E-state index contributed by atoms with van der Waals surface area (Å²) in [5.74, 6) is 0.832. The van der Waals surface area contributed by atoms with E-state index in [1.165, 1.54) is 11.5 Å². The number of nitrogens with zero attached hydrogens (tertiary/aromatic N) is 2. The Morgan fingerprint density at radius 1 is 1.62 bits per heavy atom. The Hall–Kier alpha value is -0.680. The zero-order valence-electron chi connectivity index (χ0n) is 7.78. The van der Waals surface area contributed by atoms with Crippen LogP contribution in [0.2, 0.25) is 0 Å². The molecular formula is C8H13N3OS. The van der Waals surface area contributed by atoms with E-state index in [-0.39, 0.29) is 6.10 Å². The van der Waals surface area contributed by atoms with Gasteiger partial charge >= 0.3 is 0 Å². The minimum atomic E-state index is 0.282. The first-order valence-electron chi connectivity index (χ1n) is 4.44. The van der Waals surface area contributed by atoms with Gasteiger partial charge in [-0.2, -0.15) is 4.37 Å². The van der Waals surface area contributed by atoms with Gasteiger partial charge in [0.15, 0.2) is 0 Å². The second-order valence-corrected chi connectivity index (χ2v) is 4.01. The summed E-state index contributed by atoms with van der Waals surface area (Å²) in [4.78, 5) is 4.25. The molecule has 13 heavy (non-hydrogen) atoms. The molecule has 1 fully saturated rings. The summed E-state index contributed by atoms with van der Waals surface area (Å²) in [5.41, 5.74) is 0. The maximum Gasteiger partial charge on any atom is 0.202 e. The molecule has 0 radical (unpaired) electrons. The van der Waals surface area contributed by atoms with Gasteiger partial charge in [-0.1, -0.05) is 0 Å². The number of hydrogen-bond donors (Lipinski definition) is 1. The lowest BCUT2D eigenvalue weighted by Gasteiger charge is -2.14. The van der Waals surface area contributed by atoms with Crippen LogP contribution in [0.1, 0.15) is 19.2 Å². The van der Waals surface area contributed by atoms with Crippen molar-refractivity contribution in [2.24, 2.45) is 0 Å². The van der Waals surface area contributed by atoms with E-state index in [0.29, 0.717) is 6.04 Å².